The second-order valence-corrected chi connectivity index (χ2v) is 8.12. The van der Waals surface area contributed by atoms with Gasteiger partial charge in [-0.3, -0.25) is 4.79 Å². The van der Waals surface area contributed by atoms with Gasteiger partial charge >= 0.3 is 13.1 Å². The van der Waals surface area contributed by atoms with Crippen LogP contribution in [-0.4, -0.2) is 41.8 Å². The van der Waals surface area contributed by atoms with Gasteiger partial charge in [0.25, 0.3) is 0 Å². The lowest BCUT2D eigenvalue weighted by molar-refractivity contribution is -0.118. The fourth-order valence-electron chi connectivity index (χ4n) is 2.43. The number of benzene rings is 1. The Balaban J connectivity index is 2.39. The van der Waals surface area contributed by atoms with Crippen LogP contribution in [0.2, 0.25) is 0 Å². The zero-order chi connectivity index (χ0) is 19.7. The molecule has 1 aliphatic rings. The first-order chi connectivity index (χ1) is 11.9. The van der Waals surface area contributed by atoms with E-state index in [1.54, 1.807) is 24.3 Å². The maximum Gasteiger partial charge on any atom is 0.492 e. The molecule has 1 aliphatic heterocycles. The highest BCUT2D eigenvalue weighted by Gasteiger charge is 2.52. The Bertz CT molecular complexity index is 744. The van der Waals surface area contributed by atoms with Crippen molar-refractivity contribution in [2.45, 2.75) is 45.8 Å². The van der Waals surface area contributed by atoms with Gasteiger partial charge in [-0.25, -0.2) is 4.79 Å². The van der Waals surface area contributed by atoms with Crippen molar-refractivity contribution in [2.24, 2.45) is 0 Å². The summed E-state index contributed by atoms with van der Waals surface area (Å²) in [5.41, 5.74) is 0.516. The molecule has 0 radical (unpaired) electrons. The van der Waals surface area contributed by atoms with Crippen LogP contribution >= 0.6 is 15.9 Å². The average molecular weight is 424 g/mol. The second-order valence-electron chi connectivity index (χ2n) is 7.26. The van der Waals surface area contributed by atoms with E-state index in [-0.39, 0.29) is 18.0 Å². The van der Waals surface area contributed by atoms with Crippen molar-refractivity contribution >= 4 is 41.0 Å². The number of rotatable bonds is 5. The minimum atomic E-state index is -1.02. The third-order valence-corrected chi connectivity index (χ3v) is 5.36. The van der Waals surface area contributed by atoms with Crippen LogP contribution in [0.4, 0.5) is 0 Å². The lowest BCUT2D eigenvalue weighted by Crippen LogP contribution is -2.41. The number of halogens is 1. The highest BCUT2D eigenvalue weighted by molar-refractivity contribution is 9.10. The Morgan fingerprint density at radius 2 is 1.81 bits per heavy atom. The normalized spacial score (nSPS) is 18.7. The molecule has 1 amide bonds. The first-order valence-electron chi connectivity index (χ1n) is 8.26. The van der Waals surface area contributed by atoms with Crippen molar-refractivity contribution in [2.75, 3.05) is 6.54 Å². The predicted molar refractivity (Wildman–Crippen MR) is 104 cm³/mol. The Morgan fingerprint density at radius 1 is 1.23 bits per heavy atom. The molecule has 2 N–H and O–H groups in total. The maximum absolute atomic E-state index is 11.4. The number of carboxylic acids is 1. The van der Waals surface area contributed by atoms with E-state index in [4.69, 9.17) is 9.31 Å². The van der Waals surface area contributed by atoms with Gasteiger partial charge < -0.3 is 19.7 Å². The molecule has 1 heterocycles. The van der Waals surface area contributed by atoms with Crippen molar-refractivity contribution in [1.29, 1.82) is 0 Å². The molecular weight excluding hydrogens is 401 g/mol. The Kier molecular flexibility index (Phi) is 6.00. The second kappa shape index (κ2) is 7.54. The summed E-state index contributed by atoms with van der Waals surface area (Å²) in [6, 6.07) is 5.02. The number of carbonyl (C=O) groups is 2. The number of nitrogens with one attached hydrogen (secondary N) is 1. The van der Waals surface area contributed by atoms with Gasteiger partial charge in [0.15, 0.2) is 0 Å². The fraction of sp³-hybridized carbons (Fsp3) is 0.444. The van der Waals surface area contributed by atoms with Crippen LogP contribution in [-0.2, 0) is 14.1 Å². The summed E-state index contributed by atoms with van der Waals surface area (Å²) in [6.07, 6.45) is 1.79. The Labute approximate surface area is 162 Å². The zero-order valence-electron chi connectivity index (χ0n) is 15.6. The number of carbonyl (C=O) groups excluding carboxylic acids is 1. The Morgan fingerprint density at radius 3 is 2.31 bits per heavy atom. The van der Waals surface area contributed by atoms with Crippen LogP contribution in [0.5, 0.6) is 0 Å². The van der Waals surface area contributed by atoms with Crippen molar-refractivity contribution in [3.8, 4) is 0 Å². The lowest BCUT2D eigenvalue weighted by Gasteiger charge is -2.32. The topological polar surface area (TPSA) is 84.9 Å². The van der Waals surface area contributed by atoms with Crippen LogP contribution in [0.3, 0.4) is 0 Å². The quantitative estimate of drug-likeness (QED) is 0.709. The van der Waals surface area contributed by atoms with Gasteiger partial charge in [-0.2, -0.15) is 0 Å². The highest BCUT2D eigenvalue weighted by atomic mass is 79.9. The molecule has 1 aromatic carbocycles. The van der Waals surface area contributed by atoms with Crippen molar-refractivity contribution < 1.29 is 24.0 Å². The molecule has 0 spiro atoms. The molecule has 26 heavy (non-hydrogen) atoms. The van der Waals surface area contributed by atoms with Gasteiger partial charge in [0.05, 0.1) is 16.8 Å². The van der Waals surface area contributed by atoms with Crippen LogP contribution in [0.15, 0.2) is 28.1 Å². The fourth-order valence-corrected chi connectivity index (χ4v) is 2.85. The first kappa shape index (κ1) is 20.7. The number of hydrogen-bond donors (Lipinski definition) is 2. The van der Waals surface area contributed by atoms with Crippen molar-refractivity contribution in [3.05, 3.63) is 39.3 Å². The van der Waals surface area contributed by atoms with Gasteiger partial charge in [0.2, 0.25) is 5.91 Å². The predicted octanol–water partition coefficient (Wildman–Crippen LogP) is 3.30. The molecule has 1 saturated heterocycles. The third-order valence-electron chi connectivity index (χ3n) is 4.67. The van der Waals surface area contributed by atoms with Crippen molar-refractivity contribution in [3.63, 3.8) is 0 Å². The molecule has 6 nitrogen and oxygen atoms in total. The van der Waals surface area contributed by atoms with E-state index < -0.39 is 24.3 Å². The molecule has 2 rings (SSSR count). The summed E-state index contributed by atoms with van der Waals surface area (Å²) in [5, 5.41) is 12.0. The summed E-state index contributed by atoms with van der Waals surface area (Å²) in [7, 11) is -0.635. The van der Waals surface area contributed by atoms with E-state index in [9.17, 15) is 14.7 Å². The van der Waals surface area contributed by atoms with Gasteiger partial charge in [-0.1, -0.05) is 12.1 Å². The molecule has 0 saturated carbocycles. The van der Waals surface area contributed by atoms with E-state index >= 15 is 0 Å². The third kappa shape index (κ3) is 4.55. The van der Waals surface area contributed by atoms with Crippen LogP contribution in [0.25, 0.3) is 6.08 Å². The zero-order valence-corrected chi connectivity index (χ0v) is 17.1. The largest absolute Gasteiger partial charge is 0.492 e. The van der Waals surface area contributed by atoms with E-state index in [0.717, 1.165) is 0 Å². The molecule has 1 fully saturated rings. The smallest absolute Gasteiger partial charge is 0.478 e. The average Bonchev–Trinajstić information content (AvgIpc) is 2.72. The Hall–Kier alpha value is -1.64. The van der Waals surface area contributed by atoms with Gasteiger partial charge in [0, 0.05) is 17.9 Å². The molecule has 0 unspecified atom stereocenters. The molecular formula is C18H23BBrNO5. The van der Waals surface area contributed by atoms with E-state index in [1.807, 2.05) is 27.7 Å². The molecule has 140 valence electrons. The molecule has 0 atom stereocenters. The standard InChI is InChI=1S/C18H23BBrNO5/c1-11(22)21-10-13(19-25-17(2,3)18(4,5)26-19)8-12-6-7-15(20)14(9-12)16(23)24/h6-9H,10H2,1-5H3,(H,21,22)(H,23,24). The molecule has 8 heteroatoms. The van der Waals surface area contributed by atoms with Crippen LogP contribution < -0.4 is 5.32 Å². The van der Waals surface area contributed by atoms with E-state index in [1.165, 1.54) is 6.92 Å². The highest BCUT2D eigenvalue weighted by Crippen LogP contribution is 2.38. The lowest BCUT2D eigenvalue weighted by atomic mass is 9.77. The van der Waals surface area contributed by atoms with E-state index in [0.29, 0.717) is 15.5 Å². The molecule has 0 aliphatic carbocycles. The van der Waals surface area contributed by atoms with Crippen LogP contribution in [0, 0.1) is 0 Å². The summed E-state index contributed by atoms with van der Waals surface area (Å²) in [6.45, 7) is 9.47. The number of aromatic carboxylic acids is 1. The molecule has 0 aromatic heterocycles. The summed E-state index contributed by atoms with van der Waals surface area (Å²) in [4.78, 5) is 22.7. The number of hydrogen-bond acceptors (Lipinski definition) is 4. The molecule has 0 bridgehead atoms. The van der Waals surface area contributed by atoms with Crippen LogP contribution in [0.1, 0.15) is 50.5 Å². The monoisotopic (exact) mass is 423 g/mol. The van der Waals surface area contributed by atoms with E-state index in [2.05, 4.69) is 21.2 Å². The summed E-state index contributed by atoms with van der Waals surface area (Å²) in [5.74, 6) is -1.19. The minimum Gasteiger partial charge on any atom is -0.478 e. The maximum atomic E-state index is 11.4. The summed E-state index contributed by atoms with van der Waals surface area (Å²) >= 11 is 3.24. The number of carboxylic acid groups (broad SMARTS) is 1. The van der Waals surface area contributed by atoms with Gasteiger partial charge in [-0.15, -0.1) is 0 Å². The van der Waals surface area contributed by atoms with Gasteiger partial charge in [0.1, 0.15) is 0 Å². The van der Waals surface area contributed by atoms with Gasteiger partial charge in [-0.05, 0) is 66.8 Å². The summed E-state index contributed by atoms with van der Waals surface area (Å²) < 4.78 is 12.6. The molecule has 1 aromatic rings. The minimum absolute atomic E-state index is 0.159. The first-order valence-corrected chi connectivity index (χ1v) is 9.05. The number of amides is 1. The van der Waals surface area contributed by atoms with Crippen molar-refractivity contribution in [1.82, 2.24) is 5.32 Å². The SMILES string of the molecule is CC(=O)NCC(=Cc1ccc(Br)c(C(=O)O)c1)B1OC(C)(C)C(C)(C)O1.